The molecule has 0 fully saturated rings. The van der Waals surface area contributed by atoms with Crippen molar-refractivity contribution in [1.82, 2.24) is 0 Å². The summed E-state index contributed by atoms with van der Waals surface area (Å²) in [6.07, 6.45) is 2.04. The van der Waals surface area contributed by atoms with Crippen molar-refractivity contribution in [3.05, 3.63) is 53.5 Å². The Kier molecular flexibility index (Phi) is 5.07. The lowest BCUT2D eigenvalue weighted by molar-refractivity contribution is -0.137. The van der Waals surface area contributed by atoms with Crippen LogP contribution in [0.5, 0.6) is 0 Å². The van der Waals surface area contributed by atoms with Crippen LogP contribution in [0.2, 0.25) is 0 Å². The van der Waals surface area contributed by atoms with Crippen LogP contribution in [0.1, 0.15) is 19.4 Å². The summed E-state index contributed by atoms with van der Waals surface area (Å²) >= 11 is 1.58. The highest BCUT2D eigenvalue weighted by Crippen LogP contribution is 2.38. The summed E-state index contributed by atoms with van der Waals surface area (Å²) in [6.45, 7) is 8.65. The zero-order valence-electron chi connectivity index (χ0n) is 12.0. The van der Waals surface area contributed by atoms with Crippen molar-refractivity contribution in [2.24, 2.45) is 11.8 Å². The molecule has 1 heterocycles. The molecule has 1 aliphatic heterocycles. The van der Waals surface area contributed by atoms with E-state index < -0.39 is 0 Å². The Labute approximate surface area is 124 Å². The van der Waals surface area contributed by atoms with Crippen molar-refractivity contribution in [2.45, 2.75) is 13.8 Å². The molecule has 1 aromatic carbocycles. The number of allylic oxidation sites excluding steroid dienone is 2. The number of thioether (sulfide) groups is 1. The van der Waals surface area contributed by atoms with Crippen molar-refractivity contribution in [2.75, 3.05) is 12.4 Å². The standard InChI is InChI=1S/C17H20O2S/c1-4-19-17(18)16-10-15(11-20-16)13(3)12(2)14-8-6-5-7-9-14/h5-10,13,15H,2,4,11H2,1,3H3. The van der Waals surface area contributed by atoms with E-state index in [0.29, 0.717) is 18.4 Å². The van der Waals surface area contributed by atoms with Crippen LogP contribution in [0.3, 0.4) is 0 Å². The van der Waals surface area contributed by atoms with Gasteiger partial charge in [-0.1, -0.05) is 49.9 Å². The van der Waals surface area contributed by atoms with E-state index in [-0.39, 0.29) is 5.97 Å². The third kappa shape index (κ3) is 3.34. The minimum Gasteiger partial charge on any atom is -0.462 e. The largest absolute Gasteiger partial charge is 0.462 e. The molecule has 0 radical (unpaired) electrons. The fourth-order valence-electron chi connectivity index (χ4n) is 2.27. The second kappa shape index (κ2) is 6.80. The molecule has 0 amide bonds. The SMILES string of the molecule is C=C(c1ccccc1)C(C)C1C=C(C(=O)OCC)SC1. The van der Waals surface area contributed by atoms with Crippen LogP contribution in [0.15, 0.2) is 47.9 Å². The molecule has 0 saturated carbocycles. The fraction of sp³-hybridized carbons (Fsp3) is 0.353. The lowest BCUT2D eigenvalue weighted by atomic mass is 9.85. The van der Waals surface area contributed by atoms with E-state index in [2.05, 4.69) is 25.6 Å². The average Bonchev–Trinajstić information content (AvgIpc) is 2.97. The third-order valence-corrected chi connectivity index (χ3v) is 4.78. The third-order valence-electron chi connectivity index (χ3n) is 3.61. The molecule has 2 atom stereocenters. The molecule has 0 saturated heterocycles. The predicted octanol–water partition coefficient (Wildman–Crippen LogP) is 4.15. The van der Waals surface area contributed by atoms with Crippen LogP contribution < -0.4 is 0 Å². The zero-order valence-corrected chi connectivity index (χ0v) is 12.8. The number of carbonyl (C=O) groups is 1. The molecule has 0 spiro atoms. The summed E-state index contributed by atoms with van der Waals surface area (Å²) in [5.74, 6) is 1.38. The van der Waals surface area contributed by atoms with E-state index in [4.69, 9.17) is 4.74 Å². The smallest absolute Gasteiger partial charge is 0.344 e. The number of carbonyl (C=O) groups excluding carboxylic acids is 1. The van der Waals surface area contributed by atoms with Crippen molar-refractivity contribution >= 4 is 23.3 Å². The van der Waals surface area contributed by atoms with Crippen molar-refractivity contribution in [1.29, 1.82) is 0 Å². The maximum atomic E-state index is 11.7. The monoisotopic (exact) mass is 288 g/mol. The molecular weight excluding hydrogens is 268 g/mol. The molecule has 0 aromatic heterocycles. The molecule has 0 aliphatic carbocycles. The van der Waals surface area contributed by atoms with Gasteiger partial charge < -0.3 is 4.74 Å². The molecule has 0 N–H and O–H groups in total. The fourth-order valence-corrected chi connectivity index (χ4v) is 3.47. The molecular formula is C17H20O2S. The van der Waals surface area contributed by atoms with E-state index in [1.807, 2.05) is 31.2 Å². The highest BCUT2D eigenvalue weighted by molar-refractivity contribution is 8.04. The summed E-state index contributed by atoms with van der Waals surface area (Å²) in [4.78, 5) is 12.5. The maximum Gasteiger partial charge on any atom is 0.344 e. The molecule has 2 nitrogen and oxygen atoms in total. The molecule has 2 unspecified atom stereocenters. The number of hydrogen-bond donors (Lipinski definition) is 0. The summed E-state index contributed by atoms with van der Waals surface area (Å²) in [5, 5.41) is 0. The van der Waals surface area contributed by atoms with Gasteiger partial charge in [-0.05, 0) is 29.9 Å². The Morgan fingerprint density at radius 2 is 2.15 bits per heavy atom. The molecule has 3 heteroatoms. The van der Waals surface area contributed by atoms with Crippen LogP contribution in [-0.2, 0) is 9.53 Å². The highest BCUT2D eigenvalue weighted by Gasteiger charge is 2.27. The number of rotatable bonds is 5. The van der Waals surface area contributed by atoms with Crippen LogP contribution in [0.25, 0.3) is 5.57 Å². The zero-order chi connectivity index (χ0) is 14.5. The number of hydrogen-bond acceptors (Lipinski definition) is 3. The van der Waals surface area contributed by atoms with Gasteiger partial charge in [-0.2, -0.15) is 0 Å². The van der Waals surface area contributed by atoms with E-state index in [1.54, 1.807) is 11.8 Å². The lowest BCUT2D eigenvalue weighted by Crippen LogP contribution is -2.11. The van der Waals surface area contributed by atoms with Gasteiger partial charge in [-0.25, -0.2) is 4.79 Å². The molecule has 1 aliphatic rings. The van der Waals surface area contributed by atoms with Crippen molar-refractivity contribution in [3.63, 3.8) is 0 Å². The first-order valence-corrected chi connectivity index (χ1v) is 7.88. The van der Waals surface area contributed by atoms with E-state index in [9.17, 15) is 4.79 Å². The van der Waals surface area contributed by atoms with Gasteiger partial charge in [-0.3, -0.25) is 0 Å². The summed E-state index contributed by atoms with van der Waals surface area (Å²) in [7, 11) is 0. The Morgan fingerprint density at radius 3 is 2.80 bits per heavy atom. The van der Waals surface area contributed by atoms with Crippen LogP contribution in [0.4, 0.5) is 0 Å². The van der Waals surface area contributed by atoms with Gasteiger partial charge in [0.2, 0.25) is 0 Å². The average molecular weight is 288 g/mol. The van der Waals surface area contributed by atoms with Crippen molar-refractivity contribution in [3.8, 4) is 0 Å². The second-order valence-electron chi connectivity index (χ2n) is 4.91. The van der Waals surface area contributed by atoms with Gasteiger partial charge in [0.25, 0.3) is 0 Å². The summed E-state index contributed by atoms with van der Waals surface area (Å²) in [5.41, 5.74) is 2.29. The van der Waals surface area contributed by atoms with Gasteiger partial charge >= 0.3 is 5.97 Å². The first-order valence-electron chi connectivity index (χ1n) is 6.89. The van der Waals surface area contributed by atoms with E-state index >= 15 is 0 Å². The first kappa shape index (κ1) is 14.9. The molecule has 2 rings (SSSR count). The van der Waals surface area contributed by atoms with Gasteiger partial charge in [0, 0.05) is 5.75 Å². The topological polar surface area (TPSA) is 26.3 Å². The quantitative estimate of drug-likeness (QED) is 0.762. The second-order valence-corrected chi connectivity index (χ2v) is 5.97. The van der Waals surface area contributed by atoms with Gasteiger partial charge in [0.05, 0.1) is 11.5 Å². The summed E-state index contributed by atoms with van der Waals surface area (Å²) in [6, 6.07) is 10.2. The van der Waals surface area contributed by atoms with Crippen molar-refractivity contribution < 1.29 is 9.53 Å². The Balaban J connectivity index is 2.06. The van der Waals surface area contributed by atoms with Crippen LogP contribution in [0, 0.1) is 11.8 Å². The van der Waals surface area contributed by atoms with Crippen LogP contribution in [-0.4, -0.2) is 18.3 Å². The number of esters is 1. The van der Waals surface area contributed by atoms with Gasteiger partial charge in [-0.15, -0.1) is 11.8 Å². The molecule has 20 heavy (non-hydrogen) atoms. The molecule has 106 valence electrons. The first-order chi connectivity index (χ1) is 9.63. The summed E-state index contributed by atoms with van der Waals surface area (Å²) < 4.78 is 5.05. The normalized spacial score (nSPS) is 19.3. The predicted molar refractivity (Wildman–Crippen MR) is 85.3 cm³/mol. The number of ether oxygens (including phenoxy) is 1. The van der Waals surface area contributed by atoms with E-state index in [0.717, 1.165) is 16.2 Å². The lowest BCUT2D eigenvalue weighted by Gasteiger charge is -2.19. The van der Waals surface area contributed by atoms with Crippen LogP contribution >= 0.6 is 11.8 Å². The van der Waals surface area contributed by atoms with E-state index in [1.165, 1.54) is 5.56 Å². The highest BCUT2D eigenvalue weighted by atomic mass is 32.2. The Hall–Kier alpha value is -1.48. The molecule has 1 aromatic rings. The molecule has 0 bridgehead atoms. The minimum absolute atomic E-state index is 0.197. The Bertz CT molecular complexity index is 519. The number of benzene rings is 1. The minimum atomic E-state index is -0.197. The Morgan fingerprint density at radius 1 is 1.45 bits per heavy atom. The van der Waals surface area contributed by atoms with Gasteiger partial charge in [0.15, 0.2) is 0 Å². The maximum absolute atomic E-state index is 11.7. The van der Waals surface area contributed by atoms with Gasteiger partial charge in [0.1, 0.15) is 0 Å².